The van der Waals surface area contributed by atoms with E-state index in [9.17, 15) is 9.59 Å². The molecule has 2 amide bonds. The molecular weight excluding hydrogens is 262 g/mol. The molecule has 1 aliphatic heterocycles. The van der Waals surface area contributed by atoms with Gasteiger partial charge >= 0.3 is 0 Å². The Balaban J connectivity index is 1.60. The molecule has 1 atom stereocenters. The SMILES string of the molecule is CC(NC(=O)CSC1CCNCC1)C(=O)NC1CC1. The Bertz CT molecular complexity index is 328. The van der Waals surface area contributed by atoms with Crippen LogP contribution in [-0.2, 0) is 9.59 Å². The molecule has 1 heterocycles. The molecule has 0 spiro atoms. The second-order valence-electron chi connectivity index (χ2n) is 5.33. The molecule has 1 saturated carbocycles. The van der Waals surface area contributed by atoms with Crippen LogP contribution in [0.3, 0.4) is 0 Å². The number of carbonyl (C=O) groups is 2. The average Bonchev–Trinajstić information content (AvgIpc) is 3.21. The van der Waals surface area contributed by atoms with Crippen LogP contribution in [0.4, 0.5) is 0 Å². The van der Waals surface area contributed by atoms with Crippen LogP contribution in [-0.4, -0.2) is 48.0 Å². The second kappa shape index (κ2) is 7.14. The predicted molar refractivity (Wildman–Crippen MR) is 77.1 cm³/mol. The highest BCUT2D eigenvalue weighted by Crippen LogP contribution is 2.20. The molecule has 108 valence electrons. The summed E-state index contributed by atoms with van der Waals surface area (Å²) in [5, 5.41) is 9.54. The molecule has 2 rings (SSSR count). The minimum Gasteiger partial charge on any atom is -0.352 e. The van der Waals surface area contributed by atoms with Gasteiger partial charge in [0.05, 0.1) is 5.75 Å². The Labute approximate surface area is 118 Å². The van der Waals surface area contributed by atoms with Crippen molar-refractivity contribution < 1.29 is 9.59 Å². The number of hydrogen-bond acceptors (Lipinski definition) is 4. The quantitative estimate of drug-likeness (QED) is 0.654. The fourth-order valence-corrected chi connectivity index (χ4v) is 3.10. The number of hydrogen-bond donors (Lipinski definition) is 3. The van der Waals surface area contributed by atoms with Gasteiger partial charge in [0.15, 0.2) is 0 Å². The van der Waals surface area contributed by atoms with Gasteiger partial charge in [-0.25, -0.2) is 0 Å². The third-order valence-electron chi connectivity index (χ3n) is 3.43. The average molecular weight is 285 g/mol. The largest absolute Gasteiger partial charge is 0.352 e. The fraction of sp³-hybridized carbons (Fsp3) is 0.846. The minimum atomic E-state index is -0.429. The highest BCUT2D eigenvalue weighted by Gasteiger charge is 2.26. The van der Waals surface area contributed by atoms with Crippen LogP contribution in [0.1, 0.15) is 32.6 Å². The van der Waals surface area contributed by atoms with Gasteiger partial charge in [-0.15, -0.1) is 11.8 Å². The van der Waals surface area contributed by atoms with E-state index in [2.05, 4.69) is 16.0 Å². The second-order valence-corrected chi connectivity index (χ2v) is 6.62. The van der Waals surface area contributed by atoms with E-state index in [1.54, 1.807) is 18.7 Å². The first-order valence-corrected chi connectivity index (χ1v) is 8.12. The van der Waals surface area contributed by atoms with Crippen molar-refractivity contribution in [3.8, 4) is 0 Å². The first-order valence-electron chi connectivity index (χ1n) is 7.07. The molecule has 1 saturated heterocycles. The van der Waals surface area contributed by atoms with Crippen LogP contribution in [0.2, 0.25) is 0 Å². The van der Waals surface area contributed by atoms with Gasteiger partial charge in [0.25, 0.3) is 0 Å². The van der Waals surface area contributed by atoms with Crippen LogP contribution in [0.15, 0.2) is 0 Å². The summed E-state index contributed by atoms with van der Waals surface area (Å²) in [7, 11) is 0. The minimum absolute atomic E-state index is 0.0398. The van der Waals surface area contributed by atoms with E-state index in [0.29, 0.717) is 17.0 Å². The van der Waals surface area contributed by atoms with E-state index in [1.807, 2.05) is 0 Å². The molecular formula is C13H23N3O2S. The summed E-state index contributed by atoms with van der Waals surface area (Å²) in [5.41, 5.74) is 0. The Kier molecular flexibility index (Phi) is 5.51. The molecule has 0 aromatic rings. The van der Waals surface area contributed by atoms with E-state index in [4.69, 9.17) is 0 Å². The summed E-state index contributed by atoms with van der Waals surface area (Å²) in [6, 6.07) is -0.0855. The number of carbonyl (C=O) groups excluding carboxylic acids is 2. The molecule has 0 aromatic heterocycles. The van der Waals surface area contributed by atoms with Crippen molar-refractivity contribution in [2.75, 3.05) is 18.8 Å². The van der Waals surface area contributed by atoms with Gasteiger partial charge < -0.3 is 16.0 Å². The maximum absolute atomic E-state index is 11.8. The molecule has 6 heteroatoms. The van der Waals surface area contributed by atoms with Gasteiger partial charge in [-0.3, -0.25) is 9.59 Å². The van der Waals surface area contributed by atoms with Crippen LogP contribution < -0.4 is 16.0 Å². The van der Waals surface area contributed by atoms with Crippen molar-refractivity contribution in [2.45, 2.75) is 49.9 Å². The number of rotatable bonds is 6. The molecule has 1 unspecified atom stereocenters. The smallest absolute Gasteiger partial charge is 0.242 e. The Morgan fingerprint density at radius 2 is 1.95 bits per heavy atom. The van der Waals surface area contributed by atoms with Crippen molar-refractivity contribution in [3.05, 3.63) is 0 Å². The van der Waals surface area contributed by atoms with E-state index >= 15 is 0 Å². The van der Waals surface area contributed by atoms with E-state index in [-0.39, 0.29) is 11.8 Å². The van der Waals surface area contributed by atoms with Crippen molar-refractivity contribution in [3.63, 3.8) is 0 Å². The van der Waals surface area contributed by atoms with Crippen molar-refractivity contribution in [2.24, 2.45) is 0 Å². The summed E-state index contributed by atoms with van der Waals surface area (Å²) >= 11 is 1.70. The van der Waals surface area contributed by atoms with Gasteiger partial charge in [-0.05, 0) is 45.7 Å². The number of piperidine rings is 1. The third-order valence-corrected chi connectivity index (χ3v) is 4.80. The molecule has 19 heavy (non-hydrogen) atoms. The maximum Gasteiger partial charge on any atom is 0.242 e. The van der Waals surface area contributed by atoms with Crippen LogP contribution >= 0.6 is 11.8 Å². The predicted octanol–water partition coefficient (Wildman–Crippen LogP) is 0.255. The summed E-state index contributed by atoms with van der Waals surface area (Å²) in [4.78, 5) is 23.5. The van der Waals surface area contributed by atoms with Crippen LogP contribution in [0.5, 0.6) is 0 Å². The fourth-order valence-electron chi connectivity index (χ4n) is 2.06. The normalized spacial score (nSPS) is 21.7. The lowest BCUT2D eigenvalue weighted by molar-refractivity contribution is -0.127. The summed E-state index contributed by atoms with van der Waals surface area (Å²) in [6.45, 7) is 3.82. The molecule has 3 N–H and O–H groups in total. The molecule has 0 bridgehead atoms. The number of amides is 2. The Morgan fingerprint density at radius 3 is 2.58 bits per heavy atom. The molecule has 1 aliphatic carbocycles. The first-order chi connectivity index (χ1) is 9.15. The highest BCUT2D eigenvalue weighted by molar-refractivity contribution is 8.00. The standard InChI is InChI=1S/C13H23N3O2S/c1-9(13(18)16-10-2-3-10)15-12(17)8-19-11-4-6-14-7-5-11/h9-11,14H,2-8H2,1H3,(H,15,17)(H,16,18). The molecule has 0 radical (unpaired) electrons. The van der Waals surface area contributed by atoms with Gasteiger partial charge in [0.2, 0.25) is 11.8 Å². The lowest BCUT2D eigenvalue weighted by atomic mass is 10.2. The Morgan fingerprint density at radius 1 is 1.26 bits per heavy atom. The van der Waals surface area contributed by atoms with Gasteiger partial charge in [-0.2, -0.15) is 0 Å². The van der Waals surface area contributed by atoms with E-state index in [1.165, 1.54) is 0 Å². The zero-order valence-electron chi connectivity index (χ0n) is 11.4. The lowest BCUT2D eigenvalue weighted by Crippen LogP contribution is -2.46. The maximum atomic E-state index is 11.8. The summed E-state index contributed by atoms with van der Waals surface area (Å²) in [5.74, 6) is 0.343. The monoisotopic (exact) mass is 285 g/mol. The topological polar surface area (TPSA) is 70.2 Å². The van der Waals surface area contributed by atoms with Gasteiger partial charge in [0, 0.05) is 11.3 Å². The zero-order valence-corrected chi connectivity index (χ0v) is 12.2. The van der Waals surface area contributed by atoms with Crippen molar-refractivity contribution in [1.29, 1.82) is 0 Å². The van der Waals surface area contributed by atoms with Crippen molar-refractivity contribution >= 4 is 23.6 Å². The van der Waals surface area contributed by atoms with Gasteiger partial charge in [-0.1, -0.05) is 0 Å². The van der Waals surface area contributed by atoms with E-state index in [0.717, 1.165) is 38.8 Å². The lowest BCUT2D eigenvalue weighted by Gasteiger charge is -2.22. The highest BCUT2D eigenvalue weighted by atomic mass is 32.2. The van der Waals surface area contributed by atoms with Gasteiger partial charge in [0.1, 0.15) is 6.04 Å². The molecule has 2 fully saturated rings. The zero-order chi connectivity index (χ0) is 13.7. The van der Waals surface area contributed by atoms with Crippen LogP contribution in [0, 0.1) is 0 Å². The summed E-state index contributed by atoms with van der Waals surface area (Å²) < 4.78 is 0. The molecule has 5 nitrogen and oxygen atoms in total. The van der Waals surface area contributed by atoms with E-state index < -0.39 is 6.04 Å². The Hall–Kier alpha value is -0.750. The number of nitrogens with one attached hydrogen (secondary N) is 3. The third kappa shape index (κ3) is 5.40. The molecule has 2 aliphatic rings. The first kappa shape index (κ1) is 14.7. The number of thioether (sulfide) groups is 1. The summed E-state index contributed by atoms with van der Waals surface area (Å²) in [6.07, 6.45) is 4.38. The van der Waals surface area contributed by atoms with Crippen molar-refractivity contribution in [1.82, 2.24) is 16.0 Å². The van der Waals surface area contributed by atoms with Crippen LogP contribution in [0.25, 0.3) is 0 Å². The molecule has 0 aromatic carbocycles.